The fourth-order valence-electron chi connectivity index (χ4n) is 1.67. The summed E-state index contributed by atoms with van der Waals surface area (Å²) in [4.78, 5) is 9.77. The van der Waals surface area contributed by atoms with E-state index in [1.54, 1.807) is 0 Å². The van der Waals surface area contributed by atoms with E-state index < -0.39 is 16.4 Å². The van der Waals surface area contributed by atoms with Gasteiger partial charge in [-0.15, -0.1) is 0 Å². The topological polar surface area (TPSA) is 63.4 Å². The summed E-state index contributed by atoms with van der Waals surface area (Å²) in [5.41, 5.74) is -0.233. The number of nitro benzene ring substituents is 1. The molecule has 1 aliphatic carbocycles. The molecule has 0 aliphatic heterocycles. The standard InChI is InChI=1S/C10H10FNO3/c11-8-2-1-7(5-9(8)12(14)15)10(6-13)3-4-10/h1-2,5,13H,3-4,6H2. The van der Waals surface area contributed by atoms with Crippen molar-refractivity contribution in [2.75, 3.05) is 6.61 Å². The van der Waals surface area contributed by atoms with Crippen molar-refractivity contribution in [3.8, 4) is 0 Å². The van der Waals surface area contributed by atoms with Gasteiger partial charge >= 0.3 is 5.69 Å². The molecule has 1 aromatic carbocycles. The van der Waals surface area contributed by atoms with Crippen molar-refractivity contribution in [2.45, 2.75) is 18.3 Å². The fourth-order valence-corrected chi connectivity index (χ4v) is 1.67. The van der Waals surface area contributed by atoms with E-state index in [0.717, 1.165) is 18.9 Å². The van der Waals surface area contributed by atoms with Gasteiger partial charge in [-0.1, -0.05) is 6.07 Å². The lowest BCUT2D eigenvalue weighted by atomic mass is 9.96. The van der Waals surface area contributed by atoms with E-state index in [-0.39, 0.29) is 12.0 Å². The van der Waals surface area contributed by atoms with Crippen LogP contribution < -0.4 is 0 Å². The number of nitrogens with zero attached hydrogens (tertiary/aromatic N) is 1. The maximum atomic E-state index is 13.0. The van der Waals surface area contributed by atoms with Gasteiger partial charge in [0.25, 0.3) is 0 Å². The molecule has 80 valence electrons. The lowest BCUT2D eigenvalue weighted by Crippen LogP contribution is -2.12. The first-order valence-corrected chi connectivity index (χ1v) is 4.64. The molecule has 0 amide bonds. The van der Waals surface area contributed by atoms with Crippen LogP contribution in [0.3, 0.4) is 0 Å². The highest BCUT2D eigenvalue weighted by atomic mass is 19.1. The highest BCUT2D eigenvalue weighted by Gasteiger charge is 2.44. The quantitative estimate of drug-likeness (QED) is 0.612. The number of hydrogen-bond donors (Lipinski definition) is 1. The molecule has 0 aromatic heterocycles. The first kappa shape index (κ1) is 10.0. The molecule has 0 saturated heterocycles. The Balaban J connectivity index is 2.43. The van der Waals surface area contributed by atoms with E-state index >= 15 is 0 Å². The number of rotatable bonds is 3. The number of hydrogen-bond acceptors (Lipinski definition) is 3. The van der Waals surface area contributed by atoms with Crippen molar-refractivity contribution in [3.63, 3.8) is 0 Å². The molecule has 0 atom stereocenters. The molecule has 1 aliphatic rings. The van der Waals surface area contributed by atoms with Crippen LogP contribution in [0, 0.1) is 15.9 Å². The predicted molar refractivity (Wildman–Crippen MR) is 51.1 cm³/mol. The third-order valence-electron chi connectivity index (χ3n) is 2.91. The van der Waals surface area contributed by atoms with Crippen LogP contribution in [0.5, 0.6) is 0 Å². The maximum Gasteiger partial charge on any atom is 0.305 e. The fraction of sp³-hybridized carbons (Fsp3) is 0.400. The molecule has 1 saturated carbocycles. The van der Waals surface area contributed by atoms with Crippen LogP contribution in [-0.2, 0) is 5.41 Å². The second-order valence-electron chi connectivity index (χ2n) is 3.86. The average molecular weight is 211 g/mol. The molecular weight excluding hydrogens is 201 g/mol. The van der Waals surface area contributed by atoms with E-state index in [0.29, 0.717) is 5.56 Å². The number of benzene rings is 1. The van der Waals surface area contributed by atoms with E-state index in [2.05, 4.69) is 0 Å². The van der Waals surface area contributed by atoms with Crippen LogP contribution in [0.1, 0.15) is 18.4 Å². The van der Waals surface area contributed by atoms with Gasteiger partial charge in [-0.05, 0) is 24.5 Å². The molecule has 1 aromatic rings. The summed E-state index contributed by atoms with van der Waals surface area (Å²) in [6.45, 7) is -0.0458. The first-order valence-electron chi connectivity index (χ1n) is 4.64. The molecule has 0 unspecified atom stereocenters. The molecule has 1 fully saturated rings. The molecule has 15 heavy (non-hydrogen) atoms. The Hall–Kier alpha value is -1.49. The predicted octanol–water partition coefficient (Wildman–Crippen LogP) is 1.76. The zero-order chi connectivity index (χ0) is 11.1. The van der Waals surface area contributed by atoms with Crippen molar-refractivity contribution >= 4 is 5.69 Å². The molecular formula is C10H10FNO3. The Morgan fingerprint density at radius 1 is 1.53 bits per heavy atom. The van der Waals surface area contributed by atoms with Crippen molar-refractivity contribution in [2.24, 2.45) is 0 Å². The number of halogens is 1. The highest BCUT2D eigenvalue weighted by molar-refractivity contribution is 5.42. The summed E-state index contributed by atoms with van der Waals surface area (Å²) in [5.74, 6) is -0.836. The van der Waals surface area contributed by atoms with Gasteiger partial charge in [0.2, 0.25) is 5.82 Å². The molecule has 5 heteroatoms. The van der Waals surface area contributed by atoms with Crippen LogP contribution in [0.25, 0.3) is 0 Å². The summed E-state index contributed by atoms with van der Waals surface area (Å²) in [5, 5.41) is 19.7. The van der Waals surface area contributed by atoms with Gasteiger partial charge in [0.1, 0.15) is 0 Å². The summed E-state index contributed by atoms with van der Waals surface area (Å²) in [7, 11) is 0. The average Bonchev–Trinajstić information content (AvgIpc) is 2.99. The molecule has 0 bridgehead atoms. The Bertz CT molecular complexity index is 415. The maximum absolute atomic E-state index is 13.0. The first-order chi connectivity index (χ1) is 7.09. The molecule has 0 spiro atoms. The van der Waals surface area contributed by atoms with Gasteiger partial charge in [-0.3, -0.25) is 10.1 Å². The molecule has 0 heterocycles. The second-order valence-corrected chi connectivity index (χ2v) is 3.86. The zero-order valence-corrected chi connectivity index (χ0v) is 7.94. The summed E-state index contributed by atoms with van der Waals surface area (Å²) in [6.07, 6.45) is 1.60. The van der Waals surface area contributed by atoms with Crippen LogP contribution in [-0.4, -0.2) is 16.6 Å². The van der Waals surface area contributed by atoms with E-state index in [9.17, 15) is 14.5 Å². The second kappa shape index (κ2) is 3.27. The summed E-state index contributed by atoms with van der Waals surface area (Å²) < 4.78 is 13.0. The number of nitro groups is 1. The highest BCUT2D eigenvalue weighted by Crippen LogP contribution is 2.48. The largest absolute Gasteiger partial charge is 0.395 e. The third-order valence-corrected chi connectivity index (χ3v) is 2.91. The van der Waals surface area contributed by atoms with Gasteiger partial charge in [-0.2, -0.15) is 4.39 Å². The van der Waals surface area contributed by atoms with Crippen molar-refractivity contribution in [1.29, 1.82) is 0 Å². The Kier molecular flexibility index (Phi) is 2.19. The van der Waals surface area contributed by atoms with Crippen LogP contribution >= 0.6 is 0 Å². The number of aliphatic hydroxyl groups is 1. The lowest BCUT2D eigenvalue weighted by molar-refractivity contribution is -0.387. The molecule has 2 rings (SSSR count). The van der Waals surface area contributed by atoms with Gasteiger partial charge in [0, 0.05) is 11.5 Å². The normalized spacial score (nSPS) is 17.5. The van der Waals surface area contributed by atoms with Gasteiger partial charge in [0.15, 0.2) is 0 Å². The SMILES string of the molecule is O=[N+]([O-])c1cc(C2(CO)CC2)ccc1F. The van der Waals surface area contributed by atoms with Crippen LogP contribution in [0.15, 0.2) is 18.2 Å². The molecule has 0 radical (unpaired) electrons. The summed E-state index contributed by atoms with van der Waals surface area (Å²) >= 11 is 0. The smallest absolute Gasteiger partial charge is 0.305 e. The Labute approximate surface area is 85.5 Å². The van der Waals surface area contributed by atoms with Crippen molar-refractivity contribution in [3.05, 3.63) is 39.7 Å². The van der Waals surface area contributed by atoms with Gasteiger partial charge in [0.05, 0.1) is 11.5 Å². The molecule has 4 nitrogen and oxygen atoms in total. The van der Waals surface area contributed by atoms with Crippen molar-refractivity contribution in [1.82, 2.24) is 0 Å². The lowest BCUT2D eigenvalue weighted by Gasteiger charge is -2.11. The van der Waals surface area contributed by atoms with E-state index in [1.807, 2.05) is 0 Å². The minimum atomic E-state index is -0.836. The number of aliphatic hydroxyl groups excluding tert-OH is 1. The van der Waals surface area contributed by atoms with Crippen molar-refractivity contribution < 1.29 is 14.4 Å². The monoisotopic (exact) mass is 211 g/mol. The Morgan fingerprint density at radius 3 is 2.67 bits per heavy atom. The van der Waals surface area contributed by atoms with E-state index in [4.69, 9.17) is 5.11 Å². The van der Waals surface area contributed by atoms with Gasteiger partial charge in [-0.25, -0.2) is 0 Å². The van der Waals surface area contributed by atoms with Crippen LogP contribution in [0.2, 0.25) is 0 Å². The Morgan fingerprint density at radius 2 is 2.20 bits per heavy atom. The van der Waals surface area contributed by atoms with Gasteiger partial charge < -0.3 is 5.11 Å². The van der Waals surface area contributed by atoms with E-state index in [1.165, 1.54) is 12.1 Å². The summed E-state index contributed by atoms with van der Waals surface area (Å²) in [6, 6.07) is 3.81. The minimum absolute atomic E-state index is 0.0458. The molecule has 1 N–H and O–H groups in total. The minimum Gasteiger partial charge on any atom is -0.395 e. The zero-order valence-electron chi connectivity index (χ0n) is 7.94. The third kappa shape index (κ3) is 1.59. The van der Waals surface area contributed by atoms with Crippen LogP contribution in [0.4, 0.5) is 10.1 Å².